The average molecular weight is 401 g/mol. The number of hydrogen-bond acceptors (Lipinski definition) is 3. The molecular weight excluding hydrogens is 366 g/mol. The molecule has 0 unspecified atom stereocenters. The minimum absolute atomic E-state index is 0.151. The smallest absolute Gasteiger partial charge is 0.305 e. The Morgan fingerprint density at radius 1 is 1.07 bits per heavy atom. The second-order valence-corrected chi connectivity index (χ2v) is 7.79. The van der Waals surface area contributed by atoms with Gasteiger partial charge in [-0.25, -0.2) is 0 Å². The number of halogens is 2. The van der Waals surface area contributed by atoms with E-state index in [9.17, 15) is 23.2 Å². The molecule has 0 aromatic rings. The van der Waals surface area contributed by atoms with E-state index in [-0.39, 0.29) is 24.5 Å². The summed E-state index contributed by atoms with van der Waals surface area (Å²) in [4.78, 5) is 34.4. The molecule has 0 amide bonds. The Labute approximate surface area is 166 Å². The van der Waals surface area contributed by atoms with Crippen molar-refractivity contribution in [2.45, 2.75) is 103 Å². The summed E-state index contributed by atoms with van der Waals surface area (Å²) in [6.07, 6.45) is 9.19. The number of Topliss-reactive ketones (excluding diaryl/α,β-unsaturated/α-hetero) is 2. The van der Waals surface area contributed by atoms with Crippen LogP contribution in [0.25, 0.3) is 0 Å². The summed E-state index contributed by atoms with van der Waals surface area (Å²) in [5, 5.41) is 8.59. The van der Waals surface area contributed by atoms with Crippen LogP contribution in [0.1, 0.15) is 96.8 Å². The molecule has 0 bridgehead atoms. The lowest BCUT2D eigenvalue weighted by molar-refractivity contribution is -0.143. The Bertz CT molecular complexity index is 555. The van der Waals surface area contributed by atoms with Gasteiger partial charge in [-0.15, -0.1) is 0 Å². The molecule has 0 heterocycles. The number of carboxylic acid groups (broad SMARTS) is 1. The molecule has 0 aromatic carbocycles. The third kappa shape index (κ3) is 9.07. The van der Waals surface area contributed by atoms with Gasteiger partial charge in [0.1, 0.15) is 5.78 Å². The number of alkyl halides is 2. The van der Waals surface area contributed by atoms with Crippen molar-refractivity contribution in [1.82, 2.24) is 0 Å². The molecule has 4 nitrogen and oxygen atoms in total. The van der Waals surface area contributed by atoms with Crippen molar-refractivity contribution in [2.24, 2.45) is 5.92 Å². The van der Waals surface area contributed by atoms with Gasteiger partial charge in [0.05, 0.1) is 0 Å². The number of carboxylic acids is 1. The van der Waals surface area contributed by atoms with Crippen LogP contribution in [0.3, 0.4) is 0 Å². The van der Waals surface area contributed by atoms with Gasteiger partial charge in [0, 0.05) is 31.6 Å². The van der Waals surface area contributed by atoms with Crippen molar-refractivity contribution in [3.63, 3.8) is 0 Å². The predicted molar refractivity (Wildman–Crippen MR) is 104 cm³/mol. The van der Waals surface area contributed by atoms with E-state index in [2.05, 4.69) is 0 Å². The van der Waals surface area contributed by atoms with Gasteiger partial charge in [-0.3, -0.25) is 14.4 Å². The number of allylic oxidation sites excluding steroid dienone is 2. The van der Waals surface area contributed by atoms with E-state index in [0.717, 1.165) is 37.7 Å². The fraction of sp³-hybridized carbons (Fsp3) is 0.773. The highest BCUT2D eigenvalue weighted by Gasteiger charge is 2.37. The highest BCUT2D eigenvalue weighted by Crippen LogP contribution is 2.33. The van der Waals surface area contributed by atoms with Gasteiger partial charge in [-0.2, -0.15) is 8.78 Å². The third-order valence-corrected chi connectivity index (χ3v) is 5.43. The number of rotatable bonds is 15. The van der Waals surface area contributed by atoms with E-state index in [4.69, 9.17) is 5.11 Å². The lowest BCUT2D eigenvalue weighted by atomic mass is 9.93. The minimum atomic E-state index is -3.27. The lowest BCUT2D eigenvalue weighted by Gasteiger charge is -2.14. The standard InChI is InChI=1S/C22H34F2O4/c1-2-3-16-22(23,24)20(26)15-13-17-12-14-19(25)18(17)10-8-6-4-5-7-9-11-21(27)28/h13,18H,2-12,14-16H2,1H3,(H,27,28)/b17-13-/t18-/m1/s1. The summed E-state index contributed by atoms with van der Waals surface area (Å²) in [6, 6.07) is 0. The van der Waals surface area contributed by atoms with Crippen molar-refractivity contribution in [1.29, 1.82) is 0 Å². The highest BCUT2D eigenvalue weighted by molar-refractivity contribution is 5.89. The first-order valence-electron chi connectivity index (χ1n) is 10.6. The van der Waals surface area contributed by atoms with Gasteiger partial charge >= 0.3 is 11.9 Å². The van der Waals surface area contributed by atoms with Crippen LogP contribution in [0, 0.1) is 5.92 Å². The van der Waals surface area contributed by atoms with Crippen LogP contribution in [0.15, 0.2) is 11.6 Å². The van der Waals surface area contributed by atoms with E-state index in [0.29, 0.717) is 38.5 Å². The van der Waals surface area contributed by atoms with E-state index in [1.54, 1.807) is 6.08 Å². The Morgan fingerprint density at radius 2 is 1.71 bits per heavy atom. The van der Waals surface area contributed by atoms with Gasteiger partial charge < -0.3 is 5.11 Å². The van der Waals surface area contributed by atoms with Crippen LogP contribution in [0.5, 0.6) is 0 Å². The Morgan fingerprint density at radius 3 is 2.36 bits per heavy atom. The molecule has 6 heteroatoms. The summed E-state index contributed by atoms with van der Waals surface area (Å²) in [6.45, 7) is 1.81. The number of ketones is 2. The molecule has 1 rings (SSSR count). The molecule has 1 fully saturated rings. The molecule has 0 saturated heterocycles. The number of aliphatic carboxylic acids is 1. The van der Waals surface area contributed by atoms with Crippen molar-refractivity contribution in [3.05, 3.63) is 11.6 Å². The van der Waals surface area contributed by atoms with Gasteiger partial charge in [-0.1, -0.05) is 57.1 Å². The molecule has 1 saturated carbocycles. The maximum absolute atomic E-state index is 13.8. The number of unbranched alkanes of at least 4 members (excludes halogenated alkanes) is 6. The summed E-state index contributed by atoms with van der Waals surface area (Å²) in [5.41, 5.74) is 0.853. The van der Waals surface area contributed by atoms with Crippen LogP contribution in [-0.4, -0.2) is 28.6 Å². The zero-order valence-corrected chi connectivity index (χ0v) is 17.0. The molecule has 28 heavy (non-hydrogen) atoms. The van der Waals surface area contributed by atoms with Crippen LogP contribution in [-0.2, 0) is 14.4 Å². The monoisotopic (exact) mass is 400 g/mol. The van der Waals surface area contributed by atoms with Gasteiger partial charge in [0.15, 0.2) is 0 Å². The number of carbonyl (C=O) groups excluding carboxylic acids is 2. The summed E-state index contributed by atoms with van der Waals surface area (Å²) in [7, 11) is 0. The molecule has 1 N–H and O–H groups in total. The average Bonchev–Trinajstić information content (AvgIpc) is 2.99. The SMILES string of the molecule is CCCCC(F)(F)C(=O)C/C=C1/CCC(=O)[C@@H]1CCCCCCCCC(=O)O. The molecular formula is C22H34F2O4. The largest absolute Gasteiger partial charge is 0.481 e. The zero-order chi connectivity index (χ0) is 21.0. The molecule has 0 spiro atoms. The van der Waals surface area contributed by atoms with Crippen molar-refractivity contribution < 1.29 is 28.3 Å². The first kappa shape index (κ1) is 24.4. The topological polar surface area (TPSA) is 71.4 Å². The van der Waals surface area contributed by atoms with Gasteiger partial charge in [-0.05, 0) is 25.7 Å². The Balaban J connectivity index is 2.36. The fourth-order valence-electron chi connectivity index (χ4n) is 3.66. The van der Waals surface area contributed by atoms with Crippen LogP contribution in [0.4, 0.5) is 8.78 Å². The molecule has 0 aliphatic heterocycles. The van der Waals surface area contributed by atoms with Crippen LogP contribution < -0.4 is 0 Å². The van der Waals surface area contributed by atoms with E-state index in [1.807, 2.05) is 6.92 Å². The van der Waals surface area contributed by atoms with E-state index >= 15 is 0 Å². The lowest BCUT2D eigenvalue weighted by Crippen LogP contribution is -2.28. The van der Waals surface area contributed by atoms with Gasteiger partial charge in [0.25, 0.3) is 0 Å². The maximum Gasteiger partial charge on any atom is 0.305 e. The highest BCUT2D eigenvalue weighted by atomic mass is 19.3. The summed E-state index contributed by atoms with van der Waals surface area (Å²) in [5.74, 6) is -5.15. The van der Waals surface area contributed by atoms with E-state index < -0.39 is 24.1 Å². The zero-order valence-electron chi connectivity index (χ0n) is 17.0. The normalized spacial score (nSPS) is 18.8. The summed E-state index contributed by atoms with van der Waals surface area (Å²) < 4.78 is 27.6. The Hall–Kier alpha value is -1.59. The first-order valence-corrected chi connectivity index (χ1v) is 10.6. The second kappa shape index (κ2) is 12.8. The van der Waals surface area contributed by atoms with Crippen LogP contribution >= 0.6 is 0 Å². The molecule has 1 aliphatic carbocycles. The first-order chi connectivity index (χ1) is 13.3. The van der Waals surface area contributed by atoms with E-state index in [1.165, 1.54) is 0 Å². The van der Waals surface area contributed by atoms with Crippen LogP contribution in [0.2, 0.25) is 0 Å². The molecule has 0 aromatic heterocycles. The molecule has 160 valence electrons. The third-order valence-electron chi connectivity index (χ3n) is 5.43. The minimum Gasteiger partial charge on any atom is -0.481 e. The van der Waals surface area contributed by atoms with Gasteiger partial charge in [0.2, 0.25) is 5.78 Å². The molecule has 0 radical (unpaired) electrons. The summed E-state index contributed by atoms with van der Waals surface area (Å²) >= 11 is 0. The predicted octanol–water partition coefficient (Wildman–Crippen LogP) is 5.88. The fourth-order valence-corrected chi connectivity index (χ4v) is 3.66. The second-order valence-electron chi connectivity index (χ2n) is 7.79. The quantitative estimate of drug-likeness (QED) is 0.275. The van der Waals surface area contributed by atoms with Crippen molar-refractivity contribution in [2.75, 3.05) is 0 Å². The molecule has 1 aliphatic rings. The maximum atomic E-state index is 13.8. The van der Waals surface area contributed by atoms with Crippen molar-refractivity contribution in [3.8, 4) is 0 Å². The number of hydrogen-bond donors (Lipinski definition) is 1. The Kier molecular flexibility index (Phi) is 11.2. The number of carbonyl (C=O) groups is 3. The molecule has 1 atom stereocenters. The van der Waals surface area contributed by atoms with Crippen molar-refractivity contribution >= 4 is 17.5 Å².